The van der Waals surface area contributed by atoms with Crippen LogP contribution in [0.4, 0.5) is 13.2 Å². The largest absolute Gasteiger partial charge is 0.487 e. The van der Waals surface area contributed by atoms with Gasteiger partial charge in [0, 0.05) is 6.54 Å². The Morgan fingerprint density at radius 2 is 1.86 bits per heavy atom. The van der Waals surface area contributed by atoms with Crippen LogP contribution in [-0.4, -0.2) is 36.5 Å². The first-order chi connectivity index (χ1) is 16.3. The SMILES string of the molecule is Cc1ccc(S(=O)(=O)N(CC(C)C)C2=CCC(C(F)(F)F)C=C2OCc2ccc(C(=O)O)cc2)o1. The number of alkyl halides is 3. The molecule has 190 valence electrons. The number of carboxylic acids is 1. The fourth-order valence-electron chi connectivity index (χ4n) is 3.47. The van der Waals surface area contributed by atoms with Gasteiger partial charge in [-0.2, -0.15) is 21.6 Å². The van der Waals surface area contributed by atoms with Crippen LogP contribution in [-0.2, 0) is 21.4 Å². The van der Waals surface area contributed by atoms with Crippen LogP contribution in [0, 0.1) is 18.8 Å². The second-order valence-corrected chi connectivity index (χ2v) is 10.4. The third-order valence-corrected chi connectivity index (χ3v) is 6.90. The molecule has 35 heavy (non-hydrogen) atoms. The zero-order chi connectivity index (χ0) is 26.0. The van der Waals surface area contributed by atoms with Crippen molar-refractivity contribution in [2.45, 2.75) is 45.1 Å². The molecule has 1 heterocycles. The number of benzene rings is 1. The lowest BCUT2D eigenvalue weighted by Crippen LogP contribution is -2.36. The van der Waals surface area contributed by atoms with Crippen molar-refractivity contribution in [2.24, 2.45) is 11.8 Å². The summed E-state index contributed by atoms with van der Waals surface area (Å²) >= 11 is 0. The number of nitrogens with zero attached hydrogens (tertiary/aromatic N) is 1. The molecular weight excluding hydrogens is 487 g/mol. The Balaban J connectivity index is 1.97. The maximum absolute atomic E-state index is 13.5. The van der Waals surface area contributed by atoms with Crippen LogP contribution in [0.3, 0.4) is 0 Å². The highest BCUT2D eigenvalue weighted by molar-refractivity contribution is 7.89. The number of furan rings is 1. The predicted molar refractivity (Wildman–Crippen MR) is 121 cm³/mol. The Morgan fingerprint density at radius 3 is 2.37 bits per heavy atom. The molecule has 1 aromatic carbocycles. The zero-order valence-corrected chi connectivity index (χ0v) is 20.2. The quantitative estimate of drug-likeness (QED) is 0.476. The number of carbonyl (C=O) groups is 1. The van der Waals surface area contributed by atoms with Crippen molar-refractivity contribution in [1.29, 1.82) is 0 Å². The van der Waals surface area contributed by atoms with E-state index in [1.54, 1.807) is 20.8 Å². The molecule has 0 amide bonds. The molecule has 2 aromatic rings. The normalized spacial score (nSPS) is 16.6. The van der Waals surface area contributed by atoms with E-state index < -0.39 is 34.5 Å². The topological polar surface area (TPSA) is 97.0 Å². The van der Waals surface area contributed by atoms with E-state index in [4.69, 9.17) is 14.3 Å². The molecule has 0 fully saturated rings. The van der Waals surface area contributed by atoms with Gasteiger partial charge in [0.1, 0.15) is 18.1 Å². The standard InChI is InChI=1S/C24H26F3NO6S/c1-15(2)13-28(35(31,32)22-11-4-16(3)34-22)20-10-9-19(24(25,26)27)12-21(20)33-14-17-5-7-18(8-6-17)23(29)30/h4-8,10-12,15,19H,9,13-14H2,1-3H3,(H,29,30). The van der Waals surface area contributed by atoms with Gasteiger partial charge in [0.05, 0.1) is 17.2 Å². The number of hydrogen-bond acceptors (Lipinski definition) is 5. The van der Waals surface area contributed by atoms with E-state index in [-0.39, 0.29) is 41.2 Å². The molecule has 0 spiro atoms. The Kier molecular flexibility index (Phi) is 7.68. The monoisotopic (exact) mass is 513 g/mol. The smallest absolute Gasteiger partial charge is 0.395 e. The van der Waals surface area contributed by atoms with Crippen LogP contribution < -0.4 is 0 Å². The van der Waals surface area contributed by atoms with Crippen LogP contribution in [0.25, 0.3) is 0 Å². The molecule has 1 aromatic heterocycles. The molecule has 1 unspecified atom stereocenters. The van der Waals surface area contributed by atoms with Crippen molar-refractivity contribution < 1.29 is 40.6 Å². The molecule has 1 aliphatic carbocycles. The van der Waals surface area contributed by atoms with Crippen molar-refractivity contribution in [3.8, 4) is 0 Å². The van der Waals surface area contributed by atoms with E-state index in [1.165, 1.54) is 42.5 Å². The Labute approximate surface area is 201 Å². The highest BCUT2D eigenvalue weighted by Gasteiger charge is 2.42. The Bertz CT molecular complexity index is 1230. The van der Waals surface area contributed by atoms with Gasteiger partial charge in [-0.15, -0.1) is 0 Å². The van der Waals surface area contributed by atoms with Gasteiger partial charge in [0.25, 0.3) is 10.0 Å². The second-order valence-electron chi connectivity index (χ2n) is 8.59. The highest BCUT2D eigenvalue weighted by atomic mass is 32.2. The minimum atomic E-state index is -4.54. The molecule has 1 aliphatic rings. The zero-order valence-electron chi connectivity index (χ0n) is 19.4. The molecule has 1 N–H and O–H groups in total. The van der Waals surface area contributed by atoms with Gasteiger partial charge in [0.2, 0.25) is 5.09 Å². The van der Waals surface area contributed by atoms with Crippen molar-refractivity contribution in [1.82, 2.24) is 4.31 Å². The molecule has 0 saturated heterocycles. The van der Waals surface area contributed by atoms with E-state index in [0.717, 1.165) is 10.4 Å². The summed E-state index contributed by atoms with van der Waals surface area (Å²) in [5.41, 5.74) is 0.547. The van der Waals surface area contributed by atoms with Crippen LogP contribution in [0.15, 0.2) is 69.5 Å². The van der Waals surface area contributed by atoms with Gasteiger partial charge in [-0.3, -0.25) is 4.31 Å². The summed E-state index contributed by atoms with van der Waals surface area (Å²) in [5, 5.41) is 8.71. The van der Waals surface area contributed by atoms with E-state index >= 15 is 0 Å². The lowest BCUT2D eigenvalue weighted by molar-refractivity contribution is -0.161. The number of hydrogen-bond donors (Lipinski definition) is 1. The first kappa shape index (κ1) is 26.4. The summed E-state index contributed by atoms with van der Waals surface area (Å²) in [4.78, 5) is 11.0. The molecule has 0 radical (unpaired) electrons. The average molecular weight is 514 g/mol. The van der Waals surface area contributed by atoms with Gasteiger partial charge in [0.15, 0.2) is 0 Å². The minimum Gasteiger partial charge on any atom is -0.487 e. The third-order valence-electron chi connectivity index (χ3n) is 5.25. The number of carboxylic acid groups (broad SMARTS) is 1. The second kappa shape index (κ2) is 10.2. The van der Waals surface area contributed by atoms with Crippen molar-refractivity contribution in [2.75, 3.05) is 6.54 Å². The molecule has 0 bridgehead atoms. The summed E-state index contributed by atoms with van der Waals surface area (Å²) in [6.45, 7) is 4.95. The van der Waals surface area contributed by atoms with Crippen LogP contribution >= 0.6 is 0 Å². The number of ether oxygens (including phenoxy) is 1. The lowest BCUT2D eigenvalue weighted by atomic mass is 9.97. The number of aryl methyl sites for hydroxylation is 1. The maximum Gasteiger partial charge on any atom is 0.395 e. The van der Waals surface area contributed by atoms with Crippen LogP contribution in [0.2, 0.25) is 0 Å². The molecule has 7 nitrogen and oxygen atoms in total. The summed E-state index contributed by atoms with van der Waals surface area (Å²) in [7, 11) is -4.23. The lowest BCUT2D eigenvalue weighted by Gasteiger charge is -2.32. The predicted octanol–water partition coefficient (Wildman–Crippen LogP) is 5.50. The van der Waals surface area contributed by atoms with Crippen LogP contribution in [0.5, 0.6) is 0 Å². The Morgan fingerprint density at radius 1 is 1.20 bits per heavy atom. The van der Waals surface area contributed by atoms with Crippen molar-refractivity contribution in [3.63, 3.8) is 0 Å². The molecule has 0 aliphatic heterocycles. The fraction of sp³-hybridized carbons (Fsp3) is 0.375. The van der Waals surface area contributed by atoms with Crippen LogP contribution in [0.1, 0.15) is 41.9 Å². The third kappa shape index (κ3) is 6.27. The number of aromatic carboxylic acids is 1. The van der Waals surface area contributed by atoms with Crippen molar-refractivity contribution >= 4 is 16.0 Å². The average Bonchev–Trinajstić information content (AvgIpc) is 3.22. The van der Waals surface area contributed by atoms with Gasteiger partial charge in [-0.05, 0) is 55.2 Å². The fourth-order valence-corrected chi connectivity index (χ4v) is 5.08. The summed E-state index contributed by atoms with van der Waals surface area (Å²) in [6, 6.07) is 8.44. The van der Waals surface area contributed by atoms with Gasteiger partial charge in [-0.1, -0.05) is 32.1 Å². The number of sulfonamides is 1. The molecule has 11 heteroatoms. The van der Waals surface area contributed by atoms with E-state index in [0.29, 0.717) is 11.3 Å². The number of rotatable bonds is 9. The van der Waals surface area contributed by atoms with E-state index in [1.807, 2.05) is 0 Å². The number of allylic oxidation sites excluding steroid dienone is 2. The molecule has 1 atom stereocenters. The first-order valence-corrected chi connectivity index (χ1v) is 12.3. The van der Waals surface area contributed by atoms with E-state index in [9.17, 15) is 26.4 Å². The molecular formula is C24H26F3NO6S. The van der Waals surface area contributed by atoms with E-state index in [2.05, 4.69) is 0 Å². The van der Waals surface area contributed by atoms with Crippen molar-refractivity contribution in [3.05, 3.63) is 76.9 Å². The van der Waals surface area contributed by atoms with Gasteiger partial charge < -0.3 is 14.3 Å². The van der Waals surface area contributed by atoms with Gasteiger partial charge >= 0.3 is 12.1 Å². The molecule has 0 saturated carbocycles. The summed E-state index contributed by atoms with van der Waals surface area (Å²) in [6.07, 6.45) is -2.88. The minimum absolute atomic E-state index is 0.00425. The number of halogens is 3. The van der Waals surface area contributed by atoms with Gasteiger partial charge in [-0.25, -0.2) is 4.79 Å². The summed E-state index contributed by atoms with van der Waals surface area (Å²) < 4.78 is 79.4. The molecule has 3 rings (SSSR count). The highest BCUT2D eigenvalue weighted by Crippen LogP contribution is 2.38. The Hall–Kier alpha value is -3.21. The maximum atomic E-state index is 13.5. The summed E-state index contributed by atoms with van der Waals surface area (Å²) in [5.74, 6) is -2.97. The first-order valence-electron chi connectivity index (χ1n) is 10.8.